The van der Waals surface area contributed by atoms with Gasteiger partial charge in [-0.2, -0.15) is 0 Å². The smallest absolute Gasteiger partial charge is 0.319 e. The number of hydrogen-bond donors (Lipinski definition) is 7. The molecule has 0 bridgehead atoms. The highest BCUT2D eigenvalue weighted by Gasteiger charge is 2.22. The number of benzene rings is 2. The molecular formula is C32H39Cl2N9O3. The summed E-state index contributed by atoms with van der Waals surface area (Å²) in [4.78, 5) is 44.4. The summed E-state index contributed by atoms with van der Waals surface area (Å²) in [5, 5.41) is 23.8. The first-order valence-corrected chi connectivity index (χ1v) is 15.8. The van der Waals surface area contributed by atoms with Crippen LogP contribution in [0.25, 0.3) is 0 Å². The van der Waals surface area contributed by atoms with Crippen LogP contribution in [0.4, 0.5) is 16.2 Å². The minimum absolute atomic E-state index is 0.241. The molecule has 2 heterocycles. The Balaban J connectivity index is 1.40. The molecule has 1 aliphatic heterocycles. The van der Waals surface area contributed by atoms with Gasteiger partial charge in [0.1, 0.15) is 6.04 Å². The molecule has 12 nitrogen and oxygen atoms in total. The third-order valence-electron chi connectivity index (χ3n) is 7.39. The number of halogens is 2. The van der Waals surface area contributed by atoms with E-state index in [0.717, 1.165) is 31.5 Å². The Morgan fingerprint density at radius 2 is 1.72 bits per heavy atom. The first-order chi connectivity index (χ1) is 22.2. The van der Waals surface area contributed by atoms with Crippen molar-refractivity contribution in [3.63, 3.8) is 0 Å². The predicted octanol–water partition coefficient (Wildman–Crippen LogP) is 3.39. The molecule has 1 fully saturated rings. The van der Waals surface area contributed by atoms with E-state index in [1.165, 1.54) is 0 Å². The lowest BCUT2D eigenvalue weighted by molar-refractivity contribution is -0.128. The number of carbonyl (C=O) groups is 3. The van der Waals surface area contributed by atoms with Crippen LogP contribution in [0.1, 0.15) is 29.5 Å². The minimum Gasteiger partial charge on any atom is -0.380 e. The molecule has 1 saturated heterocycles. The molecule has 244 valence electrons. The quantitative estimate of drug-likeness (QED) is 0.121. The fourth-order valence-electron chi connectivity index (χ4n) is 5.03. The summed E-state index contributed by atoms with van der Waals surface area (Å²) in [7, 11) is 0. The fraction of sp³-hybridized carbons (Fsp3) is 0.344. The first kappa shape index (κ1) is 34.6. The molecule has 0 spiro atoms. The molecule has 8 N–H and O–H groups in total. The topological polar surface area (TPSA) is 177 Å². The van der Waals surface area contributed by atoms with Gasteiger partial charge in [0.2, 0.25) is 11.8 Å². The Bertz CT molecular complexity index is 1500. The van der Waals surface area contributed by atoms with Crippen LogP contribution in [0.3, 0.4) is 0 Å². The maximum Gasteiger partial charge on any atom is 0.319 e. The molecule has 1 aliphatic rings. The number of nitrogens with two attached hydrogens (primary N) is 1. The third-order valence-corrected chi connectivity index (χ3v) is 8.10. The third kappa shape index (κ3) is 10.4. The lowest BCUT2D eigenvalue weighted by Crippen LogP contribution is -2.51. The van der Waals surface area contributed by atoms with Crippen LogP contribution in [-0.4, -0.2) is 78.8 Å². The number of urea groups is 1. The van der Waals surface area contributed by atoms with Crippen LogP contribution in [0.15, 0.2) is 60.9 Å². The largest absolute Gasteiger partial charge is 0.380 e. The number of nitrogens with zero attached hydrogens (tertiary/aromatic N) is 2. The highest BCUT2D eigenvalue weighted by Crippen LogP contribution is 2.28. The van der Waals surface area contributed by atoms with Gasteiger partial charge in [-0.1, -0.05) is 29.3 Å². The lowest BCUT2D eigenvalue weighted by Gasteiger charge is -2.20. The number of anilines is 2. The second-order valence-corrected chi connectivity index (χ2v) is 11.7. The summed E-state index contributed by atoms with van der Waals surface area (Å²) >= 11 is 12.8. The molecule has 1 atom stereocenters. The zero-order valence-corrected chi connectivity index (χ0v) is 26.9. The maximum atomic E-state index is 12.8. The second kappa shape index (κ2) is 17.5. The Labute approximate surface area is 278 Å². The van der Waals surface area contributed by atoms with Crippen molar-refractivity contribution in [3.8, 4) is 0 Å². The zero-order chi connectivity index (χ0) is 32.9. The number of rotatable bonds is 15. The molecule has 4 amide bonds. The van der Waals surface area contributed by atoms with Gasteiger partial charge < -0.3 is 37.7 Å². The molecular weight excluding hydrogens is 629 g/mol. The molecule has 0 radical (unpaired) electrons. The van der Waals surface area contributed by atoms with Crippen LogP contribution in [-0.2, 0) is 22.6 Å². The highest BCUT2D eigenvalue weighted by atomic mass is 35.5. The van der Waals surface area contributed by atoms with E-state index in [4.69, 9.17) is 34.3 Å². The van der Waals surface area contributed by atoms with Crippen LogP contribution in [0.2, 0.25) is 10.0 Å². The van der Waals surface area contributed by atoms with E-state index in [9.17, 15) is 14.4 Å². The number of aromatic nitrogens is 1. The molecule has 1 unspecified atom stereocenters. The number of likely N-dealkylation sites (tertiary alicyclic amines) is 1. The van der Waals surface area contributed by atoms with Crippen LogP contribution < -0.4 is 32.3 Å². The normalized spacial score (nSPS) is 13.5. The minimum atomic E-state index is -0.866. The van der Waals surface area contributed by atoms with E-state index in [-0.39, 0.29) is 32.0 Å². The van der Waals surface area contributed by atoms with E-state index in [1.54, 1.807) is 60.9 Å². The average Bonchev–Trinajstić information content (AvgIpc) is 3.55. The van der Waals surface area contributed by atoms with E-state index >= 15 is 0 Å². The van der Waals surface area contributed by atoms with Crippen molar-refractivity contribution in [3.05, 3.63) is 87.7 Å². The second-order valence-electron chi connectivity index (χ2n) is 10.8. The summed E-state index contributed by atoms with van der Waals surface area (Å²) < 4.78 is 0. The maximum absolute atomic E-state index is 12.8. The zero-order valence-electron chi connectivity index (χ0n) is 25.4. The SMILES string of the molecule is N=C(CN1CCCC1)c1ccc(NC(=O)NCC(=O)NC(Cc2ccncc2)C(=O)NCCN)cc1NCc1c(Cl)cccc1Cl. The van der Waals surface area contributed by atoms with Crippen molar-refractivity contribution < 1.29 is 14.4 Å². The molecule has 1 aromatic heterocycles. The van der Waals surface area contributed by atoms with Crippen molar-refractivity contribution in [2.75, 3.05) is 49.9 Å². The Hall–Kier alpha value is -4.23. The van der Waals surface area contributed by atoms with Gasteiger partial charge >= 0.3 is 6.03 Å². The molecule has 0 aliphatic carbocycles. The number of amides is 4. The molecule has 14 heteroatoms. The van der Waals surface area contributed by atoms with Crippen molar-refractivity contribution in [2.45, 2.75) is 31.8 Å². The molecule has 2 aromatic carbocycles. The highest BCUT2D eigenvalue weighted by molar-refractivity contribution is 6.36. The van der Waals surface area contributed by atoms with Crippen molar-refractivity contribution in [1.29, 1.82) is 5.41 Å². The van der Waals surface area contributed by atoms with Gasteiger partial charge in [0, 0.05) is 77.5 Å². The van der Waals surface area contributed by atoms with Crippen LogP contribution in [0.5, 0.6) is 0 Å². The van der Waals surface area contributed by atoms with E-state index in [2.05, 4.69) is 36.5 Å². The molecule has 0 saturated carbocycles. The van der Waals surface area contributed by atoms with E-state index < -0.39 is 18.0 Å². The van der Waals surface area contributed by atoms with Gasteiger partial charge in [-0.15, -0.1) is 0 Å². The Morgan fingerprint density at radius 1 is 1.00 bits per heavy atom. The Morgan fingerprint density at radius 3 is 2.41 bits per heavy atom. The van der Waals surface area contributed by atoms with E-state index in [0.29, 0.717) is 51.3 Å². The van der Waals surface area contributed by atoms with Gasteiger partial charge in [0.15, 0.2) is 0 Å². The summed E-state index contributed by atoms with van der Waals surface area (Å²) in [5.41, 5.74) is 9.23. The number of carbonyl (C=O) groups excluding carboxylic acids is 3. The number of pyridine rings is 1. The van der Waals surface area contributed by atoms with Crippen molar-refractivity contribution in [2.24, 2.45) is 5.73 Å². The van der Waals surface area contributed by atoms with Gasteiger partial charge in [-0.05, 0) is 74.0 Å². The summed E-state index contributed by atoms with van der Waals surface area (Å²) in [6.45, 7) is 2.88. The molecule has 4 rings (SSSR count). The standard InChI is InChI=1S/C32H39Cl2N9O3/c33-25-4-3-5-26(34)24(25)18-39-28-17-22(6-7-23(28)27(36)20-43-14-1-2-15-43)41-32(46)40-19-30(44)42-29(31(45)38-13-10-35)16-21-8-11-37-12-9-21/h3-9,11-12,17,29,36,39H,1-2,10,13-16,18-20,35H2,(H,38,45)(H,42,44)(H2,40,41,46). The molecule has 3 aromatic rings. The summed E-state index contributed by atoms with van der Waals surface area (Å²) in [6.07, 6.45) is 5.69. The average molecular weight is 669 g/mol. The van der Waals surface area contributed by atoms with Crippen LogP contribution >= 0.6 is 23.2 Å². The fourth-order valence-corrected chi connectivity index (χ4v) is 5.56. The van der Waals surface area contributed by atoms with E-state index in [1.807, 2.05) is 0 Å². The summed E-state index contributed by atoms with van der Waals surface area (Å²) in [6, 6.07) is 12.5. The van der Waals surface area contributed by atoms with Crippen molar-refractivity contribution in [1.82, 2.24) is 25.8 Å². The Kier molecular flexibility index (Phi) is 13.1. The summed E-state index contributed by atoms with van der Waals surface area (Å²) in [5.74, 6) is -0.921. The monoisotopic (exact) mass is 667 g/mol. The number of hydrogen-bond acceptors (Lipinski definition) is 8. The van der Waals surface area contributed by atoms with Crippen molar-refractivity contribution >= 4 is 58.1 Å². The predicted molar refractivity (Wildman–Crippen MR) is 182 cm³/mol. The van der Waals surface area contributed by atoms with Gasteiger partial charge in [0.25, 0.3) is 0 Å². The lowest BCUT2D eigenvalue weighted by atomic mass is 10.1. The van der Waals surface area contributed by atoms with Gasteiger partial charge in [-0.3, -0.25) is 19.5 Å². The number of nitrogens with one attached hydrogen (secondary N) is 6. The van der Waals surface area contributed by atoms with Crippen LogP contribution in [0, 0.1) is 5.41 Å². The van der Waals surface area contributed by atoms with Gasteiger partial charge in [-0.25, -0.2) is 4.79 Å². The first-order valence-electron chi connectivity index (χ1n) is 15.1. The molecule has 46 heavy (non-hydrogen) atoms. The van der Waals surface area contributed by atoms with Gasteiger partial charge in [0.05, 0.1) is 12.3 Å².